The maximum atomic E-state index is 12.1. The van der Waals surface area contributed by atoms with Crippen LogP contribution in [0.5, 0.6) is 5.75 Å². The van der Waals surface area contributed by atoms with E-state index in [4.69, 9.17) is 16.3 Å². The Morgan fingerprint density at radius 1 is 1.28 bits per heavy atom. The first-order valence-corrected chi connectivity index (χ1v) is 9.17. The van der Waals surface area contributed by atoms with Crippen molar-refractivity contribution in [3.63, 3.8) is 0 Å². The molecule has 2 heterocycles. The number of aromatic nitrogens is 2. The molecular formula is C20H19ClN4O4. The van der Waals surface area contributed by atoms with Gasteiger partial charge in [-0.3, -0.25) is 15.1 Å². The van der Waals surface area contributed by atoms with Crippen molar-refractivity contribution in [2.45, 2.75) is 32.7 Å². The zero-order valence-electron chi connectivity index (χ0n) is 16.1. The second-order valence-corrected chi connectivity index (χ2v) is 7.85. The first-order valence-electron chi connectivity index (χ1n) is 8.80. The van der Waals surface area contributed by atoms with E-state index < -0.39 is 22.2 Å². The first-order chi connectivity index (χ1) is 13.6. The summed E-state index contributed by atoms with van der Waals surface area (Å²) < 4.78 is 5.19. The standard InChI is InChI=1S/C20H19ClN4O4/c1-20(2,3)24-19(26)29-16-11-17(21)23-15(18(16)25(27)28)10-12-6-7-14-13(9-12)5-4-8-22-14/h4-9,11H,10H2,1-3H3,(H,24,26). The second kappa shape index (κ2) is 8.00. The lowest BCUT2D eigenvalue weighted by molar-refractivity contribution is -0.386. The van der Waals surface area contributed by atoms with Gasteiger partial charge in [0.25, 0.3) is 0 Å². The SMILES string of the molecule is CC(C)(C)NC(=O)Oc1cc(Cl)nc(Cc2ccc3ncccc3c2)c1[N+](=O)[O-]. The second-order valence-electron chi connectivity index (χ2n) is 7.47. The summed E-state index contributed by atoms with van der Waals surface area (Å²) in [6.07, 6.45) is 1.02. The van der Waals surface area contributed by atoms with E-state index in [2.05, 4.69) is 15.3 Å². The van der Waals surface area contributed by atoms with Crippen molar-refractivity contribution in [1.82, 2.24) is 15.3 Å². The minimum atomic E-state index is -0.814. The summed E-state index contributed by atoms with van der Waals surface area (Å²) in [7, 11) is 0. The number of carbonyl (C=O) groups excluding carboxylic acids is 1. The molecule has 2 aromatic heterocycles. The molecule has 1 aromatic carbocycles. The first kappa shape index (κ1) is 20.5. The number of hydrogen-bond donors (Lipinski definition) is 1. The fourth-order valence-corrected chi connectivity index (χ4v) is 2.99. The Bertz CT molecular complexity index is 1100. The van der Waals surface area contributed by atoms with Crippen LogP contribution in [-0.2, 0) is 6.42 Å². The molecule has 3 aromatic rings. The van der Waals surface area contributed by atoms with Gasteiger partial charge in [-0.2, -0.15) is 0 Å². The van der Waals surface area contributed by atoms with Gasteiger partial charge in [-0.15, -0.1) is 0 Å². The van der Waals surface area contributed by atoms with Crippen LogP contribution in [0.2, 0.25) is 5.15 Å². The molecule has 0 saturated carbocycles. The highest BCUT2D eigenvalue weighted by Gasteiger charge is 2.27. The van der Waals surface area contributed by atoms with Crippen LogP contribution in [-0.4, -0.2) is 26.5 Å². The predicted octanol–water partition coefficient (Wildman–Crippen LogP) is 4.67. The molecular weight excluding hydrogens is 396 g/mol. The molecule has 0 bridgehead atoms. The van der Waals surface area contributed by atoms with Gasteiger partial charge < -0.3 is 10.1 Å². The van der Waals surface area contributed by atoms with Gasteiger partial charge in [-0.05, 0) is 44.5 Å². The molecule has 0 radical (unpaired) electrons. The largest absolute Gasteiger partial charge is 0.413 e. The zero-order valence-corrected chi connectivity index (χ0v) is 16.9. The van der Waals surface area contributed by atoms with Crippen LogP contribution in [0.3, 0.4) is 0 Å². The average molecular weight is 415 g/mol. The Morgan fingerprint density at radius 2 is 2.03 bits per heavy atom. The fourth-order valence-electron chi connectivity index (χ4n) is 2.79. The maximum absolute atomic E-state index is 12.1. The average Bonchev–Trinajstić information content (AvgIpc) is 2.59. The number of hydrogen-bond acceptors (Lipinski definition) is 6. The minimum Gasteiger partial charge on any atom is -0.403 e. The molecule has 150 valence electrons. The van der Waals surface area contributed by atoms with Gasteiger partial charge in [-0.1, -0.05) is 23.7 Å². The summed E-state index contributed by atoms with van der Waals surface area (Å²) >= 11 is 6.05. The summed E-state index contributed by atoms with van der Waals surface area (Å²) in [5.74, 6) is -0.255. The molecule has 1 amide bonds. The van der Waals surface area contributed by atoms with E-state index in [9.17, 15) is 14.9 Å². The lowest BCUT2D eigenvalue weighted by Crippen LogP contribution is -2.42. The van der Waals surface area contributed by atoms with E-state index in [0.29, 0.717) is 0 Å². The van der Waals surface area contributed by atoms with E-state index >= 15 is 0 Å². The third-order valence-corrected chi connectivity index (χ3v) is 4.09. The Kier molecular flexibility index (Phi) is 5.65. The number of ether oxygens (including phenoxy) is 1. The maximum Gasteiger partial charge on any atom is 0.413 e. The molecule has 0 unspecified atom stereocenters. The zero-order chi connectivity index (χ0) is 21.2. The number of nitrogens with one attached hydrogen (secondary N) is 1. The number of fused-ring (bicyclic) bond motifs is 1. The van der Waals surface area contributed by atoms with Gasteiger partial charge >= 0.3 is 11.8 Å². The third kappa shape index (κ3) is 5.17. The molecule has 1 N–H and O–H groups in total. The molecule has 3 rings (SSSR count). The predicted molar refractivity (Wildman–Crippen MR) is 109 cm³/mol. The number of benzene rings is 1. The molecule has 0 spiro atoms. The van der Waals surface area contributed by atoms with Gasteiger partial charge in [0.05, 0.1) is 10.4 Å². The number of rotatable bonds is 4. The monoisotopic (exact) mass is 414 g/mol. The summed E-state index contributed by atoms with van der Waals surface area (Å²) in [6.45, 7) is 5.30. The van der Waals surface area contributed by atoms with E-state index in [-0.39, 0.29) is 23.0 Å². The minimum absolute atomic E-state index is 0.00776. The van der Waals surface area contributed by atoms with E-state index in [1.807, 2.05) is 30.3 Å². The Morgan fingerprint density at radius 3 is 2.72 bits per heavy atom. The summed E-state index contributed by atoms with van der Waals surface area (Å²) in [6, 6.07) is 10.4. The molecule has 29 heavy (non-hydrogen) atoms. The highest BCUT2D eigenvalue weighted by molar-refractivity contribution is 6.29. The third-order valence-electron chi connectivity index (χ3n) is 3.90. The smallest absolute Gasteiger partial charge is 0.403 e. The normalized spacial score (nSPS) is 11.3. The van der Waals surface area contributed by atoms with Crippen LogP contribution >= 0.6 is 11.6 Å². The van der Waals surface area contributed by atoms with Crippen LogP contribution in [0, 0.1) is 10.1 Å². The topological polar surface area (TPSA) is 107 Å². The number of halogens is 1. The van der Waals surface area contributed by atoms with Gasteiger partial charge in [0.15, 0.2) is 0 Å². The Hall–Kier alpha value is -3.26. The summed E-state index contributed by atoms with van der Waals surface area (Å²) in [5, 5.41) is 15.2. The highest BCUT2D eigenvalue weighted by atomic mass is 35.5. The summed E-state index contributed by atoms with van der Waals surface area (Å²) in [4.78, 5) is 31.6. The van der Waals surface area contributed by atoms with E-state index in [0.717, 1.165) is 22.5 Å². The van der Waals surface area contributed by atoms with Crippen LogP contribution in [0.15, 0.2) is 42.6 Å². The lowest BCUT2D eigenvalue weighted by atomic mass is 10.1. The number of amides is 1. The van der Waals surface area contributed by atoms with E-state index in [1.165, 1.54) is 0 Å². The van der Waals surface area contributed by atoms with Crippen LogP contribution in [0.1, 0.15) is 32.0 Å². The molecule has 8 nitrogen and oxygen atoms in total. The van der Waals surface area contributed by atoms with Crippen molar-refractivity contribution < 1.29 is 14.5 Å². The molecule has 9 heteroatoms. The van der Waals surface area contributed by atoms with Crippen molar-refractivity contribution in [2.75, 3.05) is 0 Å². The Labute approximate surface area is 172 Å². The van der Waals surface area contributed by atoms with Gasteiger partial charge in [0, 0.05) is 29.6 Å². The lowest BCUT2D eigenvalue weighted by Gasteiger charge is -2.20. The molecule has 0 atom stereocenters. The molecule has 0 aliphatic carbocycles. The molecule has 0 fully saturated rings. The number of nitrogens with zero attached hydrogens (tertiary/aromatic N) is 3. The van der Waals surface area contributed by atoms with Crippen LogP contribution < -0.4 is 10.1 Å². The van der Waals surface area contributed by atoms with Crippen molar-refractivity contribution in [3.8, 4) is 5.75 Å². The number of pyridine rings is 2. The number of nitro groups is 1. The van der Waals surface area contributed by atoms with Gasteiger partial charge in [0.2, 0.25) is 5.75 Å². The van der Waals surface area contributed by atoms with Crippen LogP contribution in [0.25, 0.3) is 10.9 Å². The van der Waals surface area contributed by atoms with Crippen LogP contribution in [0.4, 0.5) is 10.5 Å². The van der Waals surface area contributed by atoms with Crippen molar-refractivity contribution in [1.29, 1.82) is 0 Å². The fraction of sp³-hybridized carbons (Fsp3) is 0.250. The molecule has 0 aliphatic heterocycles. The Balaban J connectivity index is 1.98. The molecule has 0 aliphatic rings. The van der Waals surface area contributed by atoms with Gasteiger partial charge in [-0.25, -0.2) is 9.78 Å². The summed E-state index contributed by atoms with van der Waals surface area (Å²) in [5.41, 5.74) is 0.736. The number of carbonyl (C=O) groups is 1. The van der Waals surface area contributed by atoms with Gasteiger partial charge in [0.1, 0.15) is 10.8 Å². The van der Waals surface area contributed by atoms with E-state index in [1.54, 1.807) is 27.0 Å². The quantitative estimate of drug-likeness (QED) is 0.377. The van der Waals surface area contributed by atoms with Crippen molar-refractivity contribution in [3.05, 3.63) is 69.1 Å². The molecule has 0 saturated heterocycles. The van der Waals surface area contributed by atoms with Crippen molar-refractivity contribution in [2.24, 2.45) is 0 Å². The highest BCUT2D eigenvalue weighted by Crippen LogP contribution is 2.34. The van der Waals surface area contributed by atoms with Crippen molar-refractivity contribution >= 4 is 34.3 Å².